The molecule has 0 aliphatic rings. The number of nitrogens with one attached hydrogen (secondary N) is 1. The molecule has 0 aliphatic heterocycles. The fraction of sp³-hybridized carbons (Fsp3) is 1.00. The average molecular weight is 200 g/mol. The van der Waals surface area contributed by atoms with Crippen molar-refractivity contribution in [3.8, 4) is 0 Å². The predicted octanol–water partition coefficient (Wildman–Crippen LogP) is 2.50. The Morgan fingerprint density at radius 1 is 1.14 bits per heavy atom. The maximum Gasteiger partial charge on any atom is 0.0189 e. The van der Waals surface area contributed by atoms with Gasteiger partial charge in [-0.1, -0.05) is 26.7 Å². The third-order valence-electron chi connectivity index (χ3n) is 2.73. The van der Waals surface area contributed by atoms with E-state index in [2.05, 4.69) is 38.0 Å². The molecule has 0 spiro atoms. The Bertz CT molecular complexity index is 101. The Hall–Kier alpha value is -0.0800. The van der Waals surface area contributed by atoms with Gasteiger partial charge in [0.1, 0.15) is 0 Å². The van der Waals surface area contributed by atoms with E-state index < -0.39 is 0 Å². The minimum Gasteiger partial charge on any atom is -0.315 e. The molecular formula is C12H28N2. The van der Waals surface area contributed by atoms with Crippen LogP contribution >= 0.6 is 0 Å². The maximum atomic E-state index is 3.46. The highest BCUT2D eigenvalue weighted by atomic mass is 15.1. The summed E-state index contributed by atoms with van der Waals surface area (Å²) in [5, 5.41) is 3.46. The largest absolute Gasteiger partial charge is 0.315 e. The van der Waals surface area contributed by atoms with E-state index in [1.54, 1.807) is 0 Å². The Morgan fingerprint density at radius 2 is 1.86 bits per heavy atom. The number of rotatable bonds is 9. The molecule has 0 saturated carbocycles. The van der Waals surface area contributed by atoms with Gasteiger partial charge in [0, 0.05) is 12.6 Å². The van der Waals surface area contributed by atoms with E-state index in [9.17, 15) is 0 Å². The van der Waals surface area contributed by atoms with Crippen LogP contribution < -0.4 is 5.32 Å². The van der Waals surface area contributed by atoms with Gasteiger partial charge in [-0.15, -0.1) is 0 Å². The fourth-order valence-corrected chi connectivity index (χ4v) is 1.48. The van der Waals surface area contributed by atoms with E-state index in [4.69, 9.17) is 0 Å². The van der Waals surface area contributed by atoms with Crippen molar-refractivity contribution in [1.29, 1.82) is 0 Å². The van der Waals surface area contributed by atoms with Crippen LogP contribution in [0.25, 0.3) is 0 Å². The van der Waals surface area contributed by atoms with Crippen LogP contribution in [0.3, 0.4) is 0 Å². The van der Waals surface area contributed by atoms with E-state index in [1.165, 1.54) is 32.2 Å². The van der Waals surface area contributed by atoms with E-state index in [-0.39, 0.29) is 0 Å². The fourth-order valence-electron chi connectivity index (χ4n) is 1.48. The van der Waals surface area contributed by atoms with Crippen molar-refractivity contribution >= 4 is 0 Å². The summed E-state index contributed by atoms with van der Waals surface area (Å²) in [4.78, 5) is 2.46. The summed E-state index contributed by atoms with van der Waals surface area (Å²) in [6, 6.07) is 0.665. The first-order chi connectivity index (χ1) is 6.72. The highest BCUT2D eigenvalue weighted by molar-refractivity contribution is 4.65. The minimum atomic E-state index is 0.665. The number of hydrogen-bond donors (Lipinski definition) is 1. The van der Waals surface area contributed by atoms with Gasteiger partial charge < -0.3 is 10.2 Å². The van der Waals surface area contributed by atoms with Crippen LogP contribution in [0, 0.1) is 0 Å². The SMILES string of the molecule is CCCCCN(C)C(C)CNCCC. The van der Waals surface area contributed by atoms with Gasteiger partial charge in [-0.05, 0) is 39.9 Å². The highest BCUT2D eigenvalue weighted by Crippen LogP contribution is 2.00. The number of likely N-dealkylation sites (N-methyl/N-ethyl adjacent to an activating group) is 1. The molecule has 0 aromatic rings. The molecule has 86 valence electrons. The Morgan fingerprint density at radius 3 is 2.43 bits per heavy atom. The molecule has 0 rings (SSSR count). The van der Waals surface area contributed by atoms with Crippen molar-refractivity contribution in [3.63, 3.8) is 0 Å². The third-order valence-corrected chi connectivity index (χ3v) is 2.73. The number of nitrogens with zero attached hydrogens (tertiary/aromatic N) is 1. The van der Waals surface area contributed by atoms with Gasteiger partial charge in [0.15, 0.2) is 0 Å². The second kappa shape index (κ2) is 9.47. The molecule has 0 heterocycles. The Balaban J connectivity index is 3.39. The zero-order valence-electron chi connectivity index (χ0n) is 10.5. The van der Waals surface area contributed by atoms with Gasteiger partial charge in [-0.25, -0.2) is 0 Å². The smallest absolute Gasteiger partial charge is 0.0189 e. The first kappa shape index (κ1) is 13.9. The lowest BCUT2D eigenvalue weighted by Crippen LogP contribution is -2.38. The molecule has 0 aliphatic carbocycles. The van der Waals surface area contributed by atoms with Gasteiger partial charge in [0.2, 0.25) is 0 Å². The molecule has 0 bridgehead atoms. The van der Waals surface area contributed by atoms with Crippen LogP contribution in [0.2, 0.25) is 0 Å². The lowest BCUT2D eigenvalue weighted by molar-refractivity contribution is 0.246. The molecule has 1 unspecified atom stereocenters. The van der Waals surface area contributed by atoms with Crippen molar-refractivity contribution in [2.45, 2.75) is 52.5 Å². The van der Waals surface area contributed by atoms with Crippen LogP contribution in [0.5, 0.6) is 0 Å². The molecule has 0 amide bonds. The predicted molar refractivity (Wildman–Crippen MR) is 64.8 cm³/mol. The standard InChI is InChI=1S/C12H28N2/c1-5-7-8-10-14(4)12(3)11-13-9-6-2/h12-13H,5-11H2,1-4H3. The highest BCUT2D eigenvalue weighted by Gasteiger charge is 2.06. The van der Waals surface area contributed by atoms with Crippen LogP contribution in [-0.2, 0) is 0 Å². The molecule has 0 saturated heterocycles. The van der Waals surface area contributed by atoms with Crippen LogP contribution in [0.15, 0.2) is 0 Å². The second-order valence-corrected chi connectivity index (χ2v) is 4.24. The summed E-state index contributed by atoms with van der Waals surface area (Å²) in [6.07, 6.45) is 5.24. The molecule has 1 N–H and O–H groups in total. The van der Waals surface area contributed by atoms with E-state index in [0.717, 1.165) is 13.1 Å². The molecule has 0 fully saturated rings. The first-order valence-corrected chi connectivity index (χ1v) is 6.13. The van der Waals surface area contributed by atoms with Crippen LogP contribution in [-0.4, -0.2) is 37.6 Å². The molecule has 0 aromatic carbocycles. The van der Waals surface area contributed by atoms with Gasteiger partial charge in [0.05, 0.1) is 0 Å². The lowest BCUT2D eigenvalue weighted by Gasteiger charge is -2.24. The quantitative estimate of drug-likeness (QED) is 0.575. The summed E-state index contributed by atoms with van der Waals surface area (Å²) >= 11 is 0. The summed E-state index contributed by atoms with van der Waals surface area (Å²) in [5.41, 5.74) is 0. The minimum absolute atomic E-state index is 0.665. The third kappa shape index (κ3) is 7.34. The lowest BCUT2D eigenvalue weighted by atomic mass is 10.2. The number of hydrogen-bond acceptors (Lipinski definition) is 2. The van der Waals surface area contributed by atoms with Gasteiger partial charge >= 0.3 is 0 Å². The van der Waals surface area contributed by atoms with E-state index in [0.29, 0.717) is 6.04 Å². The summed E-state index contributed by atoms with van der Waals surface area (Å²) < 4.78 is 0. The Kier molecular flexibility index (Phi) is 9.42. The van der Waals surface area contributed by atoms with Crippen molar-refractivity contribution in [2.75, 3.05) is 26.7 Å². The molecule has 0 aromatic heterocycles. The van der Waals surface area contributed by atoms with Gasteiger partial charge in [0.25, 0.3) is 0 Å². The van der Waals surface area contributed by atoms with Crippen molar-refractivity contribution in [2.24, 2.45) is 0 Å². The topological polar surface area (TPSA) is 15.3 Å². The average Bonchev–Trinajstić information content (AvgIpc) is 2.18. The second-order valence-electron chi connectivity index (χ2n) is 4.24. The molecule has 2 nitrogen and oxygen atoms in total. The maximum absolute atomic E-state index is 3.46. The molecule has 0 radical (unpaired) electrons. The van der Waals surface area contributed by atoms with Crippen LogP contribution in [0.4, 0.5) is 0 Å². The van der Waals surface area contributed by atoms with Gasteiger partial charge in [-0.3, -0.25) is 0 Å². The summed E-state index contributed by atoms with van der Waals surface area (Å²) in [6.45, 7) is 10.3. The molecular weight excluding hydrogens is 172 g/mol. The van der Waals surface area contributed by atoms with Crippen molar-refractivity contribution in [3.05, 3.63) is 0 Å². The first-order valence-electron chi connectivity index (χ1n) is 6.13. The summed E-state index contributed by atoms with van der Waals surface area (Å²) in [7, 11) is 2.23. The van der Waals surface area contributed by atoms with Crippen molar-refractivity contribution < 1.29 is 0 Å². The monoisotopic (exact) mass is 200 g/mol. The van der Waals surface area contributed by atoms with Crippen LogP contribution in [0.1, 0.15) is 46.5 Å². The normalized spacial score (nSPS) is 13.5. The number of unbranched alkanes of at least 4 members (excludes halogenated alkanes) is 2. The molecule has 1 atom stereocenters. The Labute approximate surface area is 90.1 Å². The van der Waals surface area contributed by atoms with E-state index in [1.807, 2.05) is 0 Å². The van der Waals surface area contributed by atoms with Gasteiger partial charge in [-0.2, -0.15) is 0 Å². The molecule has 2 heteroatoms. The zero-order valence-corrected chi connectivity index (χ0v) is 10.5. The molecule has 14 heavy (non-hydrogen) atoms. The van der Waals surface area contributed by atoms with E-state index >= 15 is 0 Å². The summed E-state index contributed by atoms with van der Waals surface area (Å²) in [5.74, 6) is 0. The van der Waals surface area contributed by atoms with Crippen molar-refractivity contribution in [1.82, 2.24) is 10.2 Å². The zero-order chi connectivity index (χ0) is 10.8.